The van der Waals surface area contributed by atoms with Crippen LogP contribution in [0.15, 0.2) is 42.5 Å². The van der Waals surface area contributed by atoms with E-state index in [9.17, 15) is 9.59 Å². The summed E-state index contributed by atoms with van der Waals surface area (Å²) in [6.45, 7) is 3.79. The van der Waals surface area contributed by atoms with Crippen molar-refractivity contribution in [3.63, 3.8) is 0 Å². The number of fused-ring (bicyclic) bond motifs is 2. The van der Waals surface area contributed by atoms with Gasteiger partial charge < -0.3 is 14.8 Å². The lowest BCUT2D eigenvalue weighted by molar-refractivity contribution is -0.132. The molecule has 2 atom stereocenters. The zero-order valence-corrected chi connectivity index (χ0v) is 19.1. The van der Waals surface area contributed by atoms with E-state index in [1.54, 1.807) is 36.5 Å². The Bertz CT molecular complexity index is 1230. The average Bonchev–Trinajstić information content (AvgIpc) is 3.52. The standard InChI is InChI=1S/C24H24N4O4S/c1-24(16-8-9-18-19(11-16)32-14-31-18)22(29)28(23(30)26-24)13-27-10-4-5-15(12-27)21-25-17-6-2-3-7-20(17)33-21/h2-3,6-9,11,15H,4-5,10,12-14H2,1H3,(H,26,30)/t15-,24+/m0/s1. The van der Waals surface area contributed by atoms with E-state index in [1.165, 1.54) is 9.60 Å². The van der Waals surface area contributed by atoms with Crippen LogP contribution in [0.3, 0.4) is 0 Å². The first-order chi connectivity index (χ1) is 16.0. The van der Waals surface area contributed by atoms with Gasteiger partial charge in [-0.05, 0) is 56.1 Å². The monoisotopic (exact) mass is 464 g/mol. The van der Waals surface area contributed by atoms with E-state index in [0.717, 1.165) is 36.5 Å². The molecule has 8 nitrogen and oxygen atoms in total. The zero-order chi connectivity index (χ0) is 22.6. The average molecular weight is 465 g/mol. The van der Waals surface area contributed by atoms with Crippen LogP contribution in [-0.2, 0) is 10.3 Å². The van der Waals surface area contributed by atoms with E-state index in [4.69, 9.17) is 14.5 Å². The fourth-order valence-electron chi connectivity index (χ4n) is 4.88. The highest BCUT2D eigenvalue weighted by Crippen LogP contribution is 2.38. The molecule has 3 aliphatic rings. The summed E-state index contributed by atoms with van der Waals surface area (Å²) in [6, 6.07) is 13.2. The van der Waals surface area contributed by atoms with Gasteiger partial charge in [0.25, 0.3) is 5.91 Å². The highest BCUT2D eigenvalue weighted by Gasteiger charge is 2.50. The van der Waals surface area contributed by atoms with E-state index in [0.29, 0.717) is 23.0 Å². The molecule has 0 spiro atoms. The predicted molar refractivity (Wildman–Crippen MR) is 123 cm³/mol. The number of benzene rings is 2. The Hall–Kier alpha value is -3.17. The van der Waals surface area contributed by atoms with Crippen molar-refractivity contribution in [2.45, 2.75) is 31.2 Å². The van der Waals surface area contributed by atoms with Gasteiger partial charge in [-0.3, -0.25) is 9.69 Å². The molecule has 9 heteroatoms. The second kappa shape index (κ2) is 7.71. The molecule has 1 aromatic heterocycles. The van der Waals surface area contributed by atoms with Crippen LogP contribution in [0.4, 0.5) is 4.79 Å². The van der Waals surface area contributed by atoms with Gasteiger partial charge in [0.1, 0.15) is 5.54 Å². The number of hydrogen-bond donors (Lipinski definition) is 1. The number of nitrogens with one attached hydrogen (secondary N) is 1. The van der Waals surface area contributed by atoms with E-state index in [2.05, 4.69) is 16.3 Å². The minimum absolute atomic E-state index is 0.159. The van der Waals surface area contributed by atoms with Crippen LogP contribution in [0.5, 0.6) is 11.5 Å². The second-order valence-electron chi connectivity index (χ2n) is 8.93. The molecule has 4 heterocycles. The minimum Gasteiger partial charge on any atom is -0.454 e. The van der Waals surface area contributed by atoms with Crippen molar-refractivity contribution < 1.29 is 19.1 Å². The minimum atomic E-state index is -1.14. The van der Waals surface area contributed by atoms with Crippen LogP contribution in [0.25, 0.3) is 10.2 Å². The number of amides is 3. The molecule has 2 saturated heterocycles. The number of imide groups is 1. The predicted octanol–water partition coefficient (Wildman–Crippen LogP) is 3.63. The number of nitrogens with zero attached hydrogens (tertiary/aromatic N) is 3. The molecule has 6 rings (SSSR count). The molecule has 0 radical (unpaired) electrons. The number of carbonyl (C=O) groups excluding carboxylic acids is 2. The van der Waals surface area contributed by atoms with Crippen LogP contribution in [0.2, 0.25) is 0 Å². The number of thiazole rings is 1. The number of hydrogen-bond acceptors (Lipinski definition) is 7. The summed E-state index contributed by atoms with van der Waals surface area (Å²) in [4.78, 5) is 34.6. The number of para-hydroxylation sites is 1. The molecule has 33 heavy (non-hydrogen) atoms. The fourth-order valence-corrected chi connectivity index (χ4v) is 5.97. The Balaban J connectivity index is 1.19. The molecular formula is C24H24N4O4S. The number of likely N-dealkylation sites (tertiary alicyclic amines) is 1. The summed E-state index contributed by atoms with van der Waals surface area (Å²) in [5.74, 6) is 1.28. The maximum atomic E-state index is 13.4. The lowest BCUT2D eigenvalue weighted by Gasteiger charge is -2.33. The second-order valence-corrected chi connectivity index (χ2v) is 10.00. The largest absolute Gasteiger partial charge is 0.454 e. The lowest BCUT2D eigenvalue weighted by Crippen LogP contribution is -2.46. The Morgan fingerprint density at radius 2 is 2.03 bits per heavy atom. The molecule has 0 bridgehead atoms. The van der Waals surface area contributed by atoms with E-state index >= 15 is 0 Å². The Morgan fingerprint density at radius 1 is 1.18 bits per heavy atom. The van der Waals surface area contributed by atoms with Crippen LogP contribution in [0.1, 0.15) is 36.3 Å². The molecule has 3 aliphatic heterocycles. The third kappa shape index (κ3) is 3.43. The quantitative estimate of drug-likeness (QED) is 0.594. The molecule has 3 aromatic rings. The highest BCUT2D eigenvalue weighted by molar-refractivity contribution is 7.18. The van der Waals surface area contributed by atoms with E-state index < -0.39 is 5.54 Å². The van der Waals surface area contributed by atoms with Crippen molar-refractivity contribution >= 4 is 33.5 Å². The van der Waals surface area contributed by atoms with E-state index in [-0.39, 0.29) is 25.4 Å². The number of rotatable bonds is 4. The molecule has 3 amide bonds. The Kier molecular flexibility index (Phi) is 4.77. The number of urea groups is 1. The van der Waals surface area contributed by atoms with Gasteiger partial charge in [-0.15, -0.1) is 11.3 Å². The topological polar surface area (TPSA) is 84.0 Å². The maximum Gasteiger partial charge on any atom is 0.326 e. The summed E-state index contributed by atoms with van der Waals surface area (Å²) >= 11 is 1.74. The van der Waals surface area contributed by atoms with Crippen molar-refractivity contribution in [3.05, 3.63) is 53.0 Å². The molecular weight excluding hydrogens is 440 g/mol. The van der Waals surface area contributed by atoms with Gasteiger partial charge in [0.2, 0.25) is 6.79 Å². The van der Waals surface area contributed by atoms with Gasteiger partial charge in [0.05, 0.1) is 21.9 Å². The first kappa shape index (κ1) is 20.4. The number of carbonyl (C=O) groups is 2. The summed E-state index contributed by atoms with van der Waals surface area (Å²) in [5, 5.41) is 4.02. The molecule has 2 fully saturated rings. The van der Waals surface area contributed by atoms with Crippen molar-refractivity contribution in [1.29, 1.82) is 0 Å². The normalized spacial score (nSPS) is 25.1. The SMILES string of the molecule is C[C@]1(c2ccc3c(c2)OCO3)NC(=O)N(CN2CCC[C@H](c3nc4ccccc4s3)C2)C1=O. The number of piperidine rings is 1. The Morgan fingerprint density at radius 3 is 2.91 bits per heavy atom. The first-order valence-corrected chi connectivity index (χ1v) is 11.9. The van der Waals surface area contributed by atoms with Crippen LogP contribution in [-0.4, -0.2) is 53.3 Å². The van der Waals surface area contributed by atoms with Crippen molar-refractivity contribution in [1.82, 2.24) is 20.1 Å². The smallest absolute Gasteiger partial charge is 0.326 e. The summed E-state index contributed by atoms with van der Waals surface area (Å²) < 4.78 is 12.0. The zero-order valence-electron chi connectivity index (χ0n) is 18.2. The number of aromatic nitrogens is 1. The third-order valence-corrected chi connectivity index (χ3v) is 7.93. The summed E-state index contributed by atoms with van der Waals surface area (Å²) in [6.07, 6.45) is 2.06. The van der Waals surface area contributed by atoms with Crippen molar-refractivity contribution in [2.24, 2.45) is 0 Å². The van der Waals surface area contributed by atoms with Gasteiger partial charge in [-0.1, -0.05) is 18.2 Å². The highest BCUT2D eigenvalue weighted by atomic mass is 32.1. The maximum absolute atomic E-state index is 13.4. The fraction of sp³-hybridized carbons (Fsp3) is 0.375. The molecule has 170 valence electrons. The molecule has 0 saturated carbocycles. The molecule has 1 N–H and O–H groups in total. The van der Waals surface area contributed by atoms with Crippen LogP contribution >= 0.6 is 11.3 Å². The molecule has 0 unspecified atom stereocenters. The lowest BCUT2D eigenvalue weighted by atomic mass is 9.91. The summed E-state index contributed by atoms with van der Waals surface area (Å²) in [5.41, 5.74) is 0.571. The third-order valence-electron chi connectivity index (χ3n) is 6.73. The van der Waals surface area contributed by atoms with Gasteiger partial charge in [0, 0.05) is 12.5 Å². The van der Waals surface area contributed by atoms with Crippen molar-refractivity contribution in [3.8, 4) is 11.5 Å². The molecule has 2 aromatic carbocycles. The van der Waals surface area contributed by atoms with Gasteiger partial charge in [0.15, 0.2) is 11.5 Å². The van der Waals surface area contributed by atoms with Crippen LogP contribution < -0.4 is 14.8 Å². The summed E-state index contributed by atoms with van der Waals surface area (Å²) in [7, 11) is 0. The van der Waals surface area contributed by atoms with E-state index in [1.807, 2.05) is 18.2 Å². The van der Waals surface area contributed by atoms with Crippen LogP contribution in [0, 0.1) is 0 Å². The number of ether oxygens (including phenoxy) is 2. The molecule has 0 aliphatic carbocycles. The van der Waals surface area contributed by atoms with Gasteiger partial charge in [-0.2, -0.15) is 0 Å². The van der Waals surface area contributed by atoms with Crippen molar-refractivity contribution in [2.75, 3.05) is 26.6 Å². The van der Waals surface area contributed by atoms with Gasteiger partial charge in [-0.25, -0.2) is 14.7 Å². The first-order valence-electron chi connectivity index (χ1n) is 11.1. The van der Waals surface area contributed by atoms with Gasteiger partial charge >= 0.3 is 6.03 Å². The Labute approximate surface area is 195 Å².